The molecule has 0 saturated carbocycles. The lowest BCUT2D eigenvalue weighted by atomic mass is 10.5. The van der Waals surface area contributed by atoms with Crippen LogP contribution in [0.25, 0.3) is 0 Å². The third-order valence-corrected chi connectivity index (χ3v) is 1.85. The normalized spacial score (nSPS) is 10.2. The molecule has 3 heteroatoms. The summed E-state index contributed by atoms with van der Waals surface area (Å²) >= 11 is 0. The molecule has 0 aromatic carbocycles. The molecule has 0 aliphatic heterocycles. The van der Waals surface area contributed by atoms with E-state index in [-0.39, 0.29) is 0 Å². The number of methoxy groups -OCH3 is 1. The van der Waals surface area contributed by atoms with Gasteiger partial charge in [-0.3, -0.25) is 4.68 Å². The van der Waals surface area contributed by atoms with E-state index < -0.39 is 0 Å². The number of rotatable bonds is 4. The monoisotopic (exact) mass is 168 g/mol. The second-order valence-electron chi connectivity index (χ2n) is 2.85. The Kier molecular flexibility index (Phi) is 3.17. The van der Waals surface area contributed by atoms with Crippen molar-refractivity contribution >= 4 is 0 Å². The van der Waals surface area contributed by atoms with E-state index in [1.54, 1.807) is 7.11 Å². The van der Waals surface area contributed by atoms with Gasteiger partial charge >= 0.3 is 0 Å². The number of hydrogen-bond donors (Lipinski definition) is 1. The number of ether oxygens (including phenoxy) is 1. The van der Waals surface area contributed by atoms with Gasteiger partial charge in [-0.2, -0.15) is 0 Å². The van der Waals surface area contributed by atoms with Crippen molar-refractivity contribution in [1.82, 2.24) is 4.68 Å². The van der Waals surface area contributed by atoms with E-state index in [0.717, 1.165) is 13.2 Å². The summed E-state index contributed by atoms with van der Waals surface area (Å²) in [5.74, 6) is 0. The lowest BCUT2D eigenvalue weighted by molar-refractivity contribution is 0.208. The van der Waals surface area contributed by atoms with Crippen molar-refractivity contribution in [2.45, 2.75) is 13.8 Å². The average molecular weight is 168 g/mol. The van der Waals surface area contributed by atoms with Crippen LogP contribution in [-0.2, 0) is 4.74 Å². The molecule has 0 atom stereocenters. The molecule has 0 saturated heterocycles. The molecular formula is C9H16N2O. The molecular weight excluding hydrogens is 152 g/mol. The van der Waals surface area contributed by atoms with Crippen LogP contribution < -0.4 is 5.43 Å². The predicted octanol–water partition coefficient (Wildman–Crippen LogP) is 1.29. The first-order valence-corrected chi connectivity index (χ1v) is 4.13. The SMILES string of the molecule is COCCNn1c(C)ccc1C. The number of hydrogen-bond acceptors (Lipinski definition) is 2. The van der Waals surface area contributed by atoms with E-state index in [1.165, 1.54) is 11.4 Å². The summed E-state index contributed by atoms with van der Waals surface area (Å²) < 4.78 is 7.01. The van der Waals surface area contributed by atoms with Crippen LogP contribution in [-0.4, -0.2) is 24.9 Å². The average Bonchev–Trinajstić information content (AvgIpc) is 2.35. The summed E-state index contributed by atoms with van der Waals surface area (Å²) in [6, 6.07) is 4.18. The van der Waals surface area contributed by atoms with Gasteiger partial charge < -0.3 is 10.2 Å². The minimum atomic E-state index is 0.733. The Labute approximate surface area is 73.3 Å². The van der Waals surface area contributed by atoms with Gasteiger partial charge in [0.15, 0.2) is 0 Å². The van der Waals surface area contributed by atoms with Crippen molar-refractivity contribution in [2.24, 2.45) is 0 Å². The number of nitrogens with zero attached hydrogens (tertiary/aromatic N) is 1. The minimum Gasteiger partial charge on any atom is -0.383 e. The van der Waals surface area contributed by atoms with Gasteiger partial charge in [0.2, 0.25) is 0 Å². The first-order valence-electron chi connectivity index (χ1n) is 4.13. The van der Waals surface area contributed by atoms with Crippen LogP contribution in [0.3, 0.4) is 0 Å². The van der Waals surface area contributed by atoms with E-state index in [2.05, 4.69) is 36.1 Å². The molecule has 0 bridgehead atoms. The van der Waals surface area contributed by atoms with Crippen LogP contribution in [0, 0.1) is 13.8 Å². The molecule has 0 aliphatic rings. The van der Waals surface area contributed by atoms with Crippen LogP contribution in [0.1, 0.15) is 11.4 Å². The molecule has 1 aromatic rings. The Morgan fingerprint density at radius 2 is 1.92 bits per heavy atom. The minimum absolute atomic E-state index is 0.733. The molecule has 12 heavy (non-hydrogen) atoms. The Balaban J connectivity index is 2.50. The maximum Gasteiger partial charge on any atom is 0.0651 e. The third kappa shape index (κ3) is 2.01. The zero-order valence-corrected chi connectivity index (χ0v) is 7.92. The quantitative estimate of drug-likeness (QED) is 0.686. The Morgan fingerprint density at radius 3 is 2.42 bits per heavy atom. The summed E-state index contributed by atoms with van der Waals surface area (Å²) in [6.07, 6.45) is 0. The fourth-order valence-electron chi connectivity index (χ4n) is 1.18. The highest BCUT2D eigenvalue weighted by atomic mass is 16.5. The van der Waals surface area contributed by atoms with Crippen LogP contribution in [0.15, 0.2) is 12.1 Å². The summed E-state index contributed by atoms with van der Waals surface area (Å²) in [6.45, 7) is 5.73. The van der Waals surface area contributed by atoms with E-state index in [0.29, 0.717) is 0 Å². The highest BCUT2D eigenvalue weighted by Gasteiger charge is 1.97. The highest BCUT2D eigenvalue weighted by Crippen LogP contribution is 2.03. The van der Waals surface area contributed by atoms with Crippen molar-refractivity contribution in [3.8, 4) is 0 Å². The van der Waals surface area contributed by atoms with Crippen LogP contribution in [0.2, 0.25) is 0 Å². The van der Waals surface area contributed by atoms with Gasteiger partial charge in [-0.15, -0.1) is 0 Å². The van der Waals surface area contributed by atoms with Crippen LogP contribution in [0.4, 0.5) is 0 Å². The van der Waals surface area contributed by atoms with Crippen molar-refractivity contribution in [3.05, 3.63) is 23.5 Å². The summed E-state index contributed by atoms with van der Waals surface area (Å²) in [5, 5.41) is 0. The fraction of sp³-hybridized carbons (Fsp3) is 0.556. The number of nitrogens with one attached hydrogen (secondary N) is 1. The van der Waals surface area contributed by atoms with Crippen molar-refractivity contribution < 1.29 is 4.74 Å². The van der Waals surface area contributed by atoms with Gasteiger partial charge in [0.1, 0.15) is 0 Å². The highest BCUT2D eigenvalue weighted by molar-refractivity contribution is 5.15. The molecule has 68 valence electrons. The van der Waals surface area contributed by atoms with Crippen LogP contribution in [0.5, 0.6) is 0 Å². The van der Waals surface area contributed by atoms with Crippen LogP contribution >= 0.6 is 0 Å². The molecule has 0 fully saturated rings. The molecule has 0 amide bonds. The molecule has 0 unspecified atom stereocenters. The first-order chi connectivity index (χ1) is 5.75. The summed E-state index contributed by atoms with van der Waals surface area (Å²) in [4.78, 5) is 0. The molecule has 0 spiro atoms. The van der Waals surface area contributed by atoms with E-state index >= 15 is 0 Å². The summed E-state index contributed by atoms with van der Waals surface area (Å²) in [5.41, 5.74) is 5.70. The van der Waals surface area contributed by atoms with Gasteiger partial charge in [0.25, 0.3) is 0 Å². The zero-order chi connectivity index (χ0) is 8.97. The Morgan fingerprint density at radius 1 is 1.33 bits per heavy atom. The molecule has 1 N–H and O–H groups in total. The lowest BCUT2D eigenvalue weighted by Gasteiger charge is -2.11. The maximum absolute atomic E-state index is 4.94. The van der Waals surface area contributed by atoms with Gasteiger partial charge in [0.05, 0.1) is 13.2 Å². The van der Waals surface area contributed by atoms with Gasteiger partial charge in [0, 0.05) is 18.5 Å². The Bertz CT molecular complexity index is 223. The van der Waals surface area contributed by atoms with Crippen molar-refractivity contribution in [1.29, 1.82) is 0 Å². The lowest BCUT2D eigenvalue weighted by Crippen LogP contribution is -2.21. The number of aryl methyl sites for hydroxylation is 2. The second kappa shape index (κ2) is 4.16. The first kappa shape index (κ1) is 9.13. The molecule has 1 aromatic heterocycles. The van der Waals surface area contributed by atoms with Gasteiger partial charge in [-0.25, -0.2) is 0 Å². The molecule has 1 rings (SSSR count). The smallest absolute Gasteiger partial charge is 0.0651 e. The summed E-state index contributed by atoms with van der Waals surface area (Å²) in [7, 11) is 1.71. The second-order valence-corrected chi connectivity index (χ2v) is 2.85. The Hall–Kier alpha value is -0.960. The van der Waals surface area contributed by atoms with E-state index in [1.807, 2.05) is 0 Å². The van der Waals surface area contributed by atoms with E-state index in [9.17, 15) is 0 Å². The van der Waals surface area contributed by atoms with Gasteiger partial charge in [-0.1, -0.05) is 0 Å². The largest absolute Gasteiger partial charge is 0.383 e. The van der Waals surface area contributed by atoms with Crippen molar-refractivity contribution in [2.75, 3.05) is 25.7 Å². The molecule has 0 radical (unpaired) electrons. The molecule has 0 aliphatic carbocycles. The zero-order valence-electron chi connectivity index (χ0n) is 7.92. The molecule has 1 heterocycles. The van der Waals surface area contributed by atoms with Crippen molar-refractivity contribution in [3.63, 3.8) is 0 Å². The topological polar surface area (TPSA) is 26.2 Å². The predicted molar refractivity (Wildman–Crippen MR) is 50.0 cm³/mol. The van der Waals surface area contributed by atoms with E-state index in [4.69, 9.17) is 4.74 Å². The molecule has 3 nitrogen and oxygen atoms in total. The third-order valence-electron chi connectivity index (χ3n) is 1.85. The fourth-order valence-corrected chi connectivity index (χ4v) is 1.18. The number of aromatic nitrogens is 1. The standard InChI is InChI=1S/C9H16N2O/c1-8-4-5-9(2)11(8)10-6-7-12-3/h4-5,10H,6-7H2,1-3H3. The van der Waals surface area contributed by atoms with Gasteiger partial charge in [-0.05, 0) is 26.0 Å². The maximum atomic E-state index is 4.94.